The maximum absolute atomic E-state index is 13.8. The summed E-state index contributed by atoms with van der Waals surface area (Å²) in [5, 5.41) is 4.26. The summed E-state index contributed by atoms with van der Waals surface area (Å²) in [6.45, 7) is 7.21. The summed E-state index contributed by atoms with van der Waals surface area (Å²) in [6.07, 6.45) is 6.24. The number of para-hydroxylation sites is 1. The highest BCUT2D eigenvalue weighted by atomic mass is 16.2. The van der Waals surface area contributed by atoms with Crippen molar-refractivity contribution in [2.24, 2.45) is 0 Å². The molecule has 6 nitrogen and oxygen atoms in total. The Kier molecular flexibility index (Phi) is 9.35. The highest BCUT2D eigenvalue weighted by Crippen LogP contribution is 2.32. The highest BCUT2D eigenvalue weighted by molar-refractivity contribution is 6.00. The standard InChI is InChI=1S/C37H40N4O2/c1-26-19-20-27(2)36-35(26)32(28(3)41(36)22-12-16-30-15-11-21-38-25-30)24-34(42)39-33(23-29-13-7-5-8-14-29)37(43)40(4)31-17-9-6-10-18-31/h5-11,13-15,17-21,25,33H,12,16,22-24H2,1-4H3,(H,39,42)/t33-/m0/s1. The van der Waals surface area contributed by atoms with E-state index in [-0.39, 0.29) is 18.2 Å². The van der Waals surface area contributed by atoms with Gasteiger partial charge < -0.3 is 14.8 Å². The predicted molar refractivity (Wildman–Crippen MR) is 174 cm³/mol. The molecule has 0 bridgehead atoms. The number of carbonyl (C=O) groups excluding carboxylic acids is 2. The fourth-order valence-corrected chi connectivity index (χ4v) is 5.99. The number of fused-ring (bicyclic) bond motifs is 1. The molecule has 0 saturated heterocycles. The number of hydrogen-bond donors (Lipinski definition) is 1. The Balaban J connectivity index is 1.41. The van der Waals surface area contributed by atoms with Crippen molar-refractivity contribution in [3.8, 4) is 0 Å². The molecule has 2 heterocycles. The summed E-state index contributed by atoms with van der Waals surface area (Å²) in [4.78, 5) is 33.4. The zero-order chi connectivity index (χ0) is 30.3. The zero-order valence-corrected chi connectivity index (χ0v) is 25.5. The number of hydrogen-bond acceptors (Lipinski definition) is 3. The molecule has 0 aliphatic carbocycles. The molecule has 0 unspecified atom stereocenters. The van der Waals surface area contributed by atoms with Crippen LogP contribution in [0, 0.1) is 20.8 Å². The van der Waals surface area contributed by atoms with Gasteiger partial charge in [0.1, 0.15) is 6.04 Å². The Bertz CT molecular complexity index is 1700. The molecule has 0 radical (unpaired) electrons. The number of benzene rings is 3. The van der Waals surface area contributed by atoms with Crippen molar-refractivity contribution in [2.75, 3.05) is 11.9 Å². The number of pyridine rings is 1. The lowest BCUT2D eigenvalue weighted by molar-refractivity contribution is -0.127. The van der Waals surface area contributed by atoms with Crippen LogP contribution in [0.25, 0.3) is 10.9 Å². The number of aryl methyl sites for hydroxylation is 4. The molecule has 0 fully saturated rings. The van der Waals surface area contributed by atoms with Crippen LogP contribution in [-0.2, 0) is 35.4 Å². The SMILES string of the molecule is Cc1ccc(C)c2c1c(CC(=O)N[C@@H](Cc1ccccc1)C(=O)N(C)c1ccccc1)c(C)n2CCCc1cccnc1. The van der Waals surface area contributed by atoms with Gasteiger partial charge in [-0.25, -0.2) is 0 Å². The van der Waals surface area contributed by atoms with E-state index in [1.54, 1.807) is 18.1 Å². The molecule has 6 heteroatoms. The molecule has 43 heavy (non-hydrogen) atoms. The van der Waals surface area contributed by atoms with Crippen molar-refractivity contribution in [1.82, 2.24) is 14.9 Å². The first-order chi connectivity index (χ1) is 20.8. The van der Waals surface area contributed by atoms with Crippen LogP contribution in [0.5, 0.6) is 0 Å². The first-order valence-electron chi connectivity index (χ1n) is 15.0. The fourth-order valence-electron chi connectivity index (χ4n) is 5.99. The number of nitrogens with zero attached hydrogens (tertiary/aromatic N) is 3. The number of anilines is 1. The van der Waals surface area contributed by atoms with E-state index in [1.807, 2.05) is 72.9 Å². The van der Waals surface area contributed by atoms with Gasteiger partial charge in [0.2, 0.25) is 11.8 Å². The summed E-state index contributed by atoms with van der Waals surface area (Å²) in [5.41, 5.74) is 8.66. The molecule has 3 aromatic carbocycles. The van der Waals surface area contributed by atoms with Gasteiger partial charge in [-0.15, -0.1) is 0 Å². The van der Waals surface area contributed by atoms with Gasteiger partial charge in [0.15, 0.2) is 0 Å². The summed E-state index contributed by atoms with van der Waals surface area (Å²) < 4.78 is 2.37. The van der Waals surface area contributed by atoms with Gasteiger partial charge in [0.05, 0.1) is 11.9 Å². The summed E-state index contributed by atoms with van der Waals surface area (Å²) in [5.74, 6) is -0.306. The van der Waals surface area contributed by atoms with Gasteiger partial charge >= 0.3 is 0 Å². The second kappa shape index (κ2) is 13.5. The Labute approximate surface area is 254 Å². The topological polar surface area (TPSA) is 67.2 Å². The Morgan fingerprint density at radius 2 is 1.53 bits per heavy atom. The summed E-state index contributed by atoms with van der Waals surface area (Å²) in [7, 11) is 1.76. The van der Waals surface area contributed by atoms with Gasteiger partial charge in [0.25, 0.3) is 0 Å². The van der Waals surface area contributed by atoms with Crippen molar-refractivity contribution in [3.05, 3.63) is 131 Å². The van der Waals surface area contributed by atoms with E-state index in [9.17, 15) is 9.59 Å². The Morgan fingerprint density at radius 3 is 2.23 bits per heavy atom. The molecule has 1 N–H and O–H groups in total. The van der Waals surface area contributed by atoms with E-state index in [2.05, 4.69) is 53.8 Å². The third-order valence-electron chi connectivity index (χ3n) is 8.30. The summed E-state index contributed by atoms with van der Waals surface area (Å²) in [6, 6.07) is 27.1. The Morgan fingerprint density at radius 1 is 0.860 bits per heavy atom. The Hall–Kier alpha value is -4.71. The second-order valence-corrected chi connectivity index (χ2v) is 11.3. The van der Waals surface area contributed by atoms with E-state index >= 15 is 0 Å². The molecule has 5 rings (SSSR count). The van der Waals surface area contributed by atoms with Crippen LogP contribution in [0.3, 0.4) is 0 Å². The third-order valence-corrected chi connectivity index (χ3v) is 8.30. The minimum Gasteiger partial charge on any atom is -0.344 e. The van der Waals surface area contributed by atoms with E-state index in [0.29, 0.717) is 6.42 Å². The second-order valence-electron chi connectivity index (χ2n) is 11.3. The molecule has 2 amide bonds. The zero-order valence-electron chi connectivity index (χ0n) is 25.5. The molecule has 0 spiro atoms. The van der Waals surface area contributed by atoms with Crippen LogP contribution >= 0.6 is 0 Å². The van der Waals surface area contributed by atoms with Crippen LogP contribution in [0.4, 0.5) is 5.69 Å². The molecule has 220 valence electrons. The number of nitrogens with one attached hydrogen (secondary N) is 1. The molecule has 5 aromatic rings. The van der Waals surface area contributed by atoms with E-state index < -0.39 is 6.04 Å². The number of carbonyl (C=O) groups is 2. The van der Waals surface area contributed by atoms with E-state index in [4.69, 9.17) is 0 Å². The minimum atomic E-state index is -0.698. The quantitative estimate of drug-likeness (QED) is 0.196. The number of amides is 2. The smallest absolute Gasteiger partial charge is 0.249 e. The van der Waals surface area contributed by atoms with Gasteiger partial charge in [-0.2, -0.15) is 0 Å². The molecule has 1 atom stereocenters. The largest absolute Gasteiger partial charge is 0.344 e. The number of likely N-dealkylation sites (N-methyl/N-ethyl adjacent to an activating group) is 1. The van der Waals surface area contributed by atoms with E-state index in [1.165, 1.54) is 16.6 Å². The first-order valence-corrected chi connectivity index (χ1v) is 15.0. The minimum absolute atomic E-state index is 0.148. The molecule has 0 aliphatic heterocycles. The lowest BCUT2D eigenvalue weighted by Crippen LogP contribution is -2.49. The third kappa shape index (κ3) is 6.86. The van der Waals surface area contributed by atoms with Crippen LogP contribution in [0.2, 0.25) is 0 Å². The van der Waals surface area contributed by atoms with Crippen LogP contribution < -0.4 is 10.2 Å². The fraction of sp³-hybridized carbons (Fsp3) is 0.270. The van der Waals surface area contributed by atoms with Gasteiger partial charge in [-0.3, -0.25) is 14.6 Å². The van der Waals surface area contributed by atoms with Crippen LogP contribution in [0.15, 0.2) is 97.3 Å². The molecular weight excluding hydrogens is 532 g/mol. The van der Waals surface area contributed by atoms with Crippen molar-refractivity contribution in [3.63, 3.8) is 0 Å². The van der Waals surface area contributed by atoms with E-state index in [0.717, 1.165) is 52.8 Å². The monoisotopic (exact) mass is 572 g/mol. The van der Waals surface area contributed by atoms with Crippen molar-refractivity contribution in [2.45, 2.75) is 59.0 Å². The normalized spacial score (nSPS) is 11.8. The average Bonchev–Trinajstić information content (AvgIpc) is 3.31. The van der Waals surface area contributed by atoms with Crippen molar-refractivity contribution in [1.29, 1.82) is 0 Å². The summed E-state index contributed by atoms with van der Waals surface area (Å²) >= 11 is 0. The van der Waals surface area contributed by atoms with Crippen molar-refractivity contribution >= 4 is 28.4 Å². The van der Waals surface area contributed by atoms with Crippen LogP contribution in [0.1, 0.15) is 39.9 Å². The average molecular weight is 573 g/mol. The predicted octanol–water partition coefficient (Wildman–Crippen LogP) is 6.53. The number of rotatable bonds is 11. The maximum Gasteiger partial charge on any atom is 0.249 e. The maximum atomic E-state index is 13.8. The molecule has 0 aliphatic rings. The highest BCUT2D eigenvalue weighted by Gasteiger charge is 2.27. The number of aromatic nitrogens is 2. The van der Waals surface area contributed by atoms with Crippen LogP contribution in [-0.4, -0.2) is 34.5 Å². The first kappa shape index (κ1) is 29.8. The van der Waals surface area contributed by atoms with Gasteiger partial charge in [0, 0.05) is 49.2 Å². The molecular formula is C37H40N4O2. The molecule has 2 aromatic heterocycles. The lowest BCUT2D eigenvalue weighted by atomic mass is 10.00. The van der Waals surface area contributed by atoms with Crippen molar-refractivity contribution < 1.29 is 9.59 Å². The van der Waals surface area contributed by atoms with Gasteiger partial charge in [-0.1, -0.05) is 66.7 Å². The molecule has 0 saturated carbocycles. The lowest BCUT2D eigenvalue weighted by Gasteiger charge is -2.25. The van der Waals surface area contributed by atoms with Gasteiger partial charge in [-0.05, 0) is 79.6 Å².